The second kappa shape index (κ2) is 8.12. The summed E-state index contributed by atoms with van der Waals surface area (Å²) >= 11 is 0. The minimum Gasteiger partial charge on any atom is -0.497 e. The van der Waals surface area contributed by atoms with Gasteiger partial charge in [0.2, 0.25) is 0 Å². The fraction of sp³-hybridized carbons (Fsp3) is 0.333. The Labute approximate surface area is 159 Å². The Bertz CT molecular complexity index is 854. The zero-order chi connectivity index (χ0) is 20.2. The highest BCUT2D eigenvalue weighted by atomic mass is 16.5. The lowest BCUT2D eigenvalue weighted by Crippen LogP contribution is -2.15. The van der Waals surface area contributed by atoms with E-state index in [0.717, 1.165) is 11.1 Å². The van der Waals surface area contributed by atoms with Crippen molar-refractivity contribution in [3.8, 4) is 17.0 Å². The molecule has 27 heavy (non-hydrogen) atoms. The van der Waals surface area contributed by atoms with Crippen LogP contribution in [0.3, 0.4) is 0 Å². The van der Waals surface area contributed by atoms with Gasteiger partial charge in [-0.3, -0.25) is 4.57 Å². The largest absolute Gasteiger partial charge is 0.497 e. The molecule has 0 saturated heterocycles. The van der Waals surface area contributed by atoms with E-state index in [1.165, 1.54) is 16.8 Å². The van der Waals surface area contributed by atoms with E-state index in [4.69, 9.17) is 9.47 Å². The molecule has 6 heteroatoms. The van der Waals surface area contributed by atoms with Gasteiger partial charge in [0.05, 0.1) is 19.4 Å². The third-order valence-electron chi connectivity index (χ3n) is 4.04. The van der Waals surface area contributed by atoms with Gasteiger partial charge < -0.3 is 14.6 Å². The lowest BCUT2D eigenvalue weighted by molar-refractivity contribution is -0.137. The van der Waals surface area contributed by atoms with Crippen molar-refractivity contribution in [2.24, 2.45) is 0 Å². The van der Waals surface area contributed by atoms with Gasteiger partial charge in [-0.2, -0.15) is 0 Å². The number of nitrogens with zero attached hydrogens (tertiary/aromatic N) is 1. The van der Waals surface area contributed by atoms with Crippen molar-refractivity contribution >= 4 is 18.1 Å². The van der Waals surface area contributed by atoms with E-state index in [1.54, 1.807) is 32.2 Å². The van der Waals surface area contributed by atoms with E-state index in [2.05, 4.69) is 0 Å². The molecule has 0 amide bonds. The molecule has 0 atom stereocenters. The molecule has 144 valence electrons. The monoisotopic (exact) mass is 371 g/mol. The first kappa shape index (κ1) is 20.3. The number of aromatic nitrogens is 1. The predicted molar refractivity (Wildman–Crippen MR) is 104 cm³/mol. The Morgan fingerprint density at radius 2 is 1.81 bits per heavy atom. The Morgan fingerprint density at radius 3 is 2.30 bits per heavy atom. The van der Waals surface area contributed by atoms with Crippen LogP contribution in [0, 0.1) is 0 Å². The van der Waals surface area contributed by atoms with E-state index in [0.29, 0.717) is 17.0 Å². The van der Waals surface area contributed by atoms with E-state index >= 15 is 0 Å². The molecular formula is C21H25NO5. The first-order chi connectivity index (χ1) is 12.7. The summed E-state index contributed by atoms with van der Waals surface area (Å²) in [5.41, 5.74) is 2.45. The van der Waals surface area contributed by atoms with Crippen molar-refractivity contribution in [2.75, 3.05) is 13.7 Å². The van der Waals surface area contributed by atoms with E-state index < -0.39 is 12.1 Å². The number of methoxy groups -OCH3 is 1. The smallest absolute Gasteiger partial charge is 0.416 e. The quantitative estimate of drug-likeness (QED) is 0.616. The second-order valence-electron chi connectivity index (χ2n) is 7.02. The molecule has 1 N–H and O–H groups in total. The molecule has 2 aromatic rings. The zero-order valence-electron chi connectivity index (χ0n) is 16.3. The predicted octanol–water partition coefficient (Wildman–Crippen LogP) is 4.56. The molecule has 0 saturated carbocycles. The minimum absolute atomic E-state index is 0.280. The van der Waals surface area contributed by atoms with Gasteiger partial charge in [0.15, 0.2) is 0 Å². The number of carboxylic acid groups (broad SMARTS) is 1. The third-order valence-corrected chi connectivity index (χ3v) is 4.04. The molecule has 1 aromatic heterocycles. The fourth-order valence-electron chi connectivity index (χ4n) is 2.97. The highest BCUT2D eigenvalue weighted by Crippen LogP contribution is 2.38. The highest BCUT2D eigenvalue weighted by molar-refractivity contribution is 5.89. The van der Waals surface area contributed by atoms with Gasteiger partial charge in [0, 0.05) is 12.3 Å². The number of rotatable bonds is 5. The maximum absolute atomic E-state index is 11.9. The molecule has 0 spiro atoms. The van der Waals surface area contributed by atoms with Crippen molar-refractivity contribution in [1.29, 1.82) is 0 Å². The van der Waals surface area contributed by atoms with Gasteiger partial charge in [-0.15, -0.1) is 0 Å². The normalized spacial score (nSPS) is 11.6. The summed E-state index contributed by atoms with van der Waals surface area (Å²) in [4.78, 5) is 23.6. The van der Waals surface area contributed by atoms with Crippen LogP contribution in [0.15, 0.2) is 36.5 Å². The molecule has 0 aliphatic carbocycles. The van der Waals surface area contributed by atoms with Crippen LogP contribution in [-0.4, -0.2) is 35.5 Å². The average Bonchev–Trinajstić information content (AvgIpc) is 3.00. The SMILES string of the molecule is CCOC(=O)C=Cc1cn(C(=O)O)c(-c2ccc(OC)cc2)c1C(C)(C)C. The first-order valence-corrected chi connectivity index (χ1v) is 8.67. The molecule has 0 aliphatic rings. The van der Waals surface area contributed by atoms with Gasteiger partial charge in [-0.25, -0.2) is 9.59 Å². The molecule has 0 radical (unpaired) electrons. The standard InChI is InChI=1S/C21H25NO5/c1-6-27-17(23)12-9-15-13-22(20(24)25)19(18(15)21(2,3)4)14-7-10-16(26-5)11-8-14/h7-13H,6H2,1-5H3,(H,24,25). The maximum Gasteiger partial charge on any atom is 0.416 e. The lowest BCUT2D eigenvalue weighted by atomic mass is 9.82. The fourth-order valence-corrected chi connectivity index (χ4v) is 2.97. The number of esters is 1. The molecule has 0 bridgehead atoms. The first-order valence-electron chi connectivity index (χ1n) is 8.67. The Balaban J connectivity index is 2.69. The molecular weight excluding hydrogens is 346 g/mol. The summed E-state index contributed by atoms with van der Waals surface area (Å²) in [7, 11) is 1.58. The second-order valence-corrected chi connectivity index (χ2v) is 7.02. The van der Waals surface area contributed by atoms with Crippen molar-refractivity contribution < 1.29 is 24.2 Å². The topological polar surface area (TPSA) is 77.8 Å². The lowest BCUT2D eigenvalue weighted by Gasteiger charge is -2.22. The van der Waals surface area contributed by atoms with Crippen LogP contribution < -0.4 is 4.74 Å². The van der Waals surface area contributed by atoms with Crippen LogP contribution in [0.2, 0.25) is 0 Å². The number of ether oxygens (including phenoxy) is 2. The summed E-state index contributed by atoms with van der Waals surface area (Å²) in [5, 5.41) is 9.72. The molecule has 0 aliphatic heterocycles. The van der Waals surface area contributed by atoms with Crippen molar-refractivity contribution in [2.45, 2.75) is 33.1 Å². The van der Waals surface area contributed by atoms with Crippen LogP contribution in [0.4, 0.5) is 4.79 Å². The molecule has 0 unspecified atom stereocenters. The van der Waals surface area contributed by atoms with E-state index in [-0.39, 0.29) is 12.0 Å². The average molecular weight is 371 g/mol. The third kappa shape index (κ3) is 4.58. The number of benzene rings is 1. The van der Waals surface area contributed by atoms with Gasteiger partial charge in [-0.05, 0) is 59.4 Å². The summed E-state index contributed by atoms with van der Waals surface area (Å²) in [6.45, 7) is 8.02. The molecule has 6 nitrogen and oxygen atoms in total. The Morgan fingerprint density at radius 1 is 1.19 bits per heavy atom. The Kier molecular flexibility index (Phi) is 6.10. The van der Waals surface area contributed by atoms with E-state index in [1.807, 2.05) is 32.9 Å². The summed E-state index contributed by atoms with van der Waals surface area (Å²) in [6, 6.07) is 7.22. The van der Waals surface area contributed by atoms with Gasteiger partial charge in [0.25, 0.3) is 0 Å². The van der Waals surface area contributed by atoms with Gasteiger partial charge in [0.1, 0.15) is 5.75 Å². The van der Waals surface area contributed by atoms with Crippen molar-refractivity contribution in [1.82, 2.24) is 4.57 Å². The number of hydrogen-bond acceptors (Lipinski definition) is 4. The van der Waals surface area contributed by atoms with Crippen LogP contribution in [0.5, 0.6) is 5.75 Å². The molecule has 0 fully saturated rings. The molecule has 2 rings (SSSR count). The zero-order valence-corrected chi connectivity index (χ0v) is 16.3. The summed E-state index contributed by atoms with van der Waals surface area (Å²) in [6.07, 6.45) is 3.35. The maximum atomic E-state index is 11.9. The Hall–Kier alpha value is -3.02. The van der Waals surface area contributed by atoms with Gasteiger partial charge >= 0.3 is 12.1 Å². The van der Waals surface area contributed by atoms with E-state index in [9.17, 15) is 14.7 Å². The number of hydrogen-bond donors (Lipinski definition) is 1. The van der Waals surface area contributed by atoms with Crippen LogP contribution in [0.1, 0.15) is 38.8 Å². The highest BCUT2D eigenvalue weighted by Gasteiger charge is 2.28. The summed E-state index contributed by atoms with van der Waals surface area (Å²) in [5.74, 6) is 0.221. The minimum atomic E-state index is -1.10. The molecule has 1 aromatic carbocycles. The van der Waals surface area contributed by atoms with Crippen LogP contribution >= 0.6 is 0 Å². The molecule has 1 heterocycles. The van der Waals surface area contributed by atoms with Crippen molar-refractivity contribution in [3.05, 3.63) is 47.7 Å². The number of carbonyl (C=O) groups excluding carboxylic acids is 1. The summed E-state index contributed by atoms with van der Waals surface area (Å²) < 4.78 is 11.3. The van der Waals surface area contributed by atoms with Crippen LogP contribution in [-0.2, 0) is 14.9 Å². The van der Waals surface area contributed by atoms with Crippen molar-refractivity contribution in [3.63, 3.8) is 0 Å². The van der Waals surface area contributed by atoms with Gasteiger partial charge in [-0.1, -0.05) is 20.8 Å². The van der Waals surface area contributed by atoms with Crippen LogP contribution in [0.25, 0.3) is 17.3 Å². The number of carbonyl (C=O) groups is 2.